The Morgan fingerprint density at radius 1 is 1.73 bits per heavy atom. The van der Waals surface area contributed by atoms with E-state index in [0.29, 0.717) is 6.54 Å². The Kier molecular flexibility index (Phi) is 1.06. The van der Waals surface area contributed by atoms with Crippen LogP contribution in [0.3, 0.4) is 0 Å². The number of nitrogens with zero attached hydrogens (tertiary/aromatic N) is 2. The third-order valence-corrected chi connectivity index (χ3v) is 1.59. The molecule has 0 aromatic carbocycles. The van der Waals surface area contributed by atoms with Crippen LogP contribution in [0, 0.1) is 0 Å². The number of nitrogens with two attached hydrogens (primary N) is 1. The van der Waals surface area contributed by atoms with Gasteiger partial charge >= 0.3 is 0 Å². The fourth-order valence-electron chi connectivity index (χ4n) is 1.06. The van der Waals surface area contributed by atoms with Crippen molar-refractivity contribution in [1.82, 2.24) is 10.2 Å². The highest BCUT2D eigenvalue weighted by molar-refractivity contribution is 6.01. The van der Waals surface area contributed by atoms with E-state index in [2.05, 4.69) is 15.2 Å². The van der Waals surface area contributed by atoms with Gasteiger partial charge in [0.25, 0.3) is 5.91 Å². The molecule has 0 saturated heterocycles. The van der Waals surface area contributed by atoms with Crippen molar-refractivity contribution < 1.29 is 4.79 Å². The van der Waals surface area contributed by atoms with E-state index in [1.54, 1.807) is 6.21 Å². The van der Waals surface area contributed by atoms with Crippen LogP contribution in [0.1, 0.15) is 21.7 Å². The van der Waals surface area contributed by atoms with Gasteiger partial charge in [-0.25, -0.2) is 0 Å². The number of H-pyrrole nitrogens is 1. The predicted octanol–water partition coefficient (Wildman–Crippen LogP) is -0.559. The molecular weight excluding hydrogens is 144 g/mol. The number of aromatic amines is 1. The van der Waals surface area contributed by atoms with E-state index in [1.807, 2.05) is 0 Å². The van der Waals surface area contributed by atoms with Crippen LogP contribution in [0.15, 0.2) is 4.99 Å². The quantitative estimate of drug-likeness (QED) is 0.562. The Morgan fingerprint density at radius 2 is 2.55 bits per heavy atom. The van der Waals surface area contributed by atoms with Gasteiger partial charge in [-0.05, 0) is 0 Å². The number of hydrogen-bond acceptors (Lipinski definition) is 3. The van der Waals surface area contributed by atoms with E-state index in [1.165, 1.54) is 0 Å². The third kappa shape index (κ3) is 0.739. The van der Waals surface area contributed by atoms with Gasteiger partial charge < -0.3 is 5.73 Å². The Morgan fingerprint density at radius 3 is 3.27 bits per heavy atom. The Hall–Kier alpha value is -1.65. The summed E-state index contributed by atoms with van der Waals surface area (Å²) in [4.78, 5) is 14.7. The number of primary amides is 1. The number of carbonyl (C=O) groups excluding carboxylic acids is 1. The van der Waals surface area contributed by atoms with Crippen molar-refractivity contribution in [1.29, 1.82) is 0 Å². The van der Waals surface area contributed by atoms with E-state index in [9.17, 15) is 4.79 Å². The van der Waals surface area contributed by atoms with Crippen molar-refractivity contribution in [2.24, 2.45) is 10.7 Å². The van der Waals surface area contributed by atoms with E-state index in [0.717, 1.165) is 11.3 Å². The molecule has 56 valence electrons. The molecular formula is C6H6N4O. The first-order valence-corrected chi connectivity index (χ1v) is 3.16. The Bertz CT molecular complexity index is 338. The molecule has 0 unspecified atom stereocenters. The zero-order chi connectivity index (χ0) is 7.84. The van der Waals surface area contributed by atoms with Crippen molar-refractivity contribution in [2.45, 2.75) is 6.54 Å². The van der Waals surface area contributed by atoms with E-state index in [4.69, 9.17) is 5.73 Å². The lowest BCUT2D eigenvalue weighted by Crippen LogP contribution is -2.13. The van der Waals surface area contributed by atoms with Crippen LogP contribution >= 0.6 is 0 Å². The number of hydrogen-bond donors (Lipinski definition) is 2. The lowest BCUT2D eigenvalue weighted by atomic mass is 10.2. The molecule has 0 aliphatic carbocycles. The van der Waals surface area contributed by atoms with Crippen LogP contribution in [0.25, 0.3) is 0 Å². The molecule has 1 aliphatic heterocycles. The maximum absolute atomic E-state index is 10.7. The van der Waals surface area contributed by atoms with Crippen LogP contribution in [0.5, 0.6) is 0 Å². The molecule has 2 heterocycles. The first-order chi connectivity index (χ1) is 5.29. The number of carbonyl (C=O) groups is 1. The minimum atomic E-state index is -0.518. The molecule has 5 heteroatoms. The molecule has 1 aromatic rings. The highest BCUT2D eigenvalue weighted by Crippen LogP contribution is 2.14. The third-order valence-electron chi connectivity index (χ3n) is 1.59. The number of aliphatic imine (C=N–C) groups is 1. The second-order valence-corrected chi connectivity index (χ2v) is 2.30. The predicted molar refractivity (Wildman–Crippen MR) is 38.4 cm³/mol. The fourth-order valence-corrected chi connectivity index (χ4v) is 1.06. The van der Waals surface area contributed by atoms with Gasteiger partial charge in [-0.3, -0.25) is 14.9 Å². The summed E-state index contributed by atoms with van der Waals surface area (Å²) in [5, 5.41) is 6.44. The molecule has 3 N–H and O–H groups in total. The topological polar surface area (TPSA) is 84.1 Å². The highest BCUT2D eigenvalue weighted by atomic mass is 16.1. The number of aromatic nitrogens is 2. The lowest BCUT2D eigenvalue weighted by Gasteiger charge is -1.86. The van der Waals surface area contributed by atoms with Crippen molar-refractivity contribution >= 4 is 12.1 Å². The molecule has 0 radical (unpaired) electrons. The minimum Gasteiger partial charge on any atom is -0.364 e. The molecule has 2 rings (SSSR count). The number of rotatable bonds is 1. The monoisotopic (exact) mass is 150 g/mol. The fraction of sp³-hybridized carbons (Fsp3) is 0.167. The van der Waals surface area contributed by atoms with Crippen LogP contribution in [-0.4, -0.2) is 22.3 Å². The van der Waals surface area contributed by atoms with Crippen molar-refractivity contribution in [3.63, 3.8) is 0 Å². The van der Waals surface area contributed by atoms with Gasteiger partial charge in [-0.1, -0.05) is 0 Å². The average molecular weight is 150 g/mol. The van der Waals surface area contributed by atoms with Crippen LogP contribution in [0.4, 0.5) is 0 Å². The zero-order valence-electron chi connectivity index (χ0n) is 5.66. The normalized spacial score (nSPS) is 13.5. The molecule has 0 bridgehead atoms. The van der Waals surface area contributed by atoms with Gasteiger partial charge in [0, 0.05) is 11.8 Å². The van der Waals surface area contributed by atoms with Gasteiger partial charge in [0.1, 0.15) is 0 Å². The van der Waals surface area contributed by atoms with E-state index in [-0.39, 0.29) is 5.69 Å². The summed E-state index contributed by atoms with van der Waals surface area (Å²) in [7, 11) is 0. The van der Waals surface area contributed by atoms with Gasteiger partial charge in [-0.15, -0.1) is 0 Å². The van der Waals surface area contributed by atoms with Gasteiger partial charge in [0.2, 0.25) is 0 Å². The lowest BCUT2D eigenvalue weighted by molar-refractivity contribution is 0.0995. The van der Waals surface area contributed by atoms with Gasteiger partial charge in [0.05, 0.1) is 12.2 Å². The van der Waals surface area contributed by atoms with Crippen molar-refractivity contribution in [3.8, 4) is 0 Å². The second kappa shape index (κ2) is 1.91. The average Bonchev–Trinajstić information content (AvgIpc) is 2.41. The van der Waals surface area contributed by atoms with E-state index >= 15 is 0 Å². The second-order valence-electron chi connectivity index (χ2n) is 2.30. The molecule has 0 spiro atoms. The largest absolute Gasteiger partial charge is 0.364 e. The highest BCUT2D eigenvalue weighted by Gasteiger charge is 2.17. The van der Waals surface area contributed by atoms with Crippen LogP contribution < -0.4 is 5.73 Å². The summed E-state index contributed by atoms with van der Waals surface area (Å²) in [6.07, 6.45) is 1.61. The molecule has 0 fully saturated rings. The maximum atomic E-state index is 10.7. The molecule has 5 nitrogen and oxygen atoms in total. The molecule has 11 heavy (non-hydrogen) atoms. The summed E-state index contributed by atoms with van der Waals surface area (Å²) in [6.45, 7) is 0.565. The number of amides is 1. The zero-order valence-corrected chi connectivity index (χ0v) is 5.66. The van der Waals surface area contributed by atoms with E-state index < -0.39 is 5.91 Å². The van der Waals surface area contributed by atoms with Crippen molar-refractivity contribution in [3.05, 3.63) is 17.0 Å². The smallest absolute Gasteiger partial charge is 0.269 e. The SMILES string of the molecule is NC(=O)c1n[nH]c2c1C=NC2. The van der Waals surface area contributed by atoms with Crippen molar-refractivity contribution in [2.75, 3.05) is 0 Å². The summed E-state index contributed by atoms with van der Waals surface area (Å²) in [5.74, 6) is -0.518. The summed E-state index contributed by atoms with van der Waals surface area (Å²) >= 11 is 0. The van der Waals surface area contributed by atoms with Crippen LogP contribution in [-0.2, 0) is 6.54 Å². The summed E-state index contributed by atoms with van der Waals surface area (Å²) in [5.41, 5.74) is 6.92. The Labute approximate surface area is 62.3 Å². The number of fused-ring (bicyclic) bond motifs is 1. The first kappa shape index (κ1) is 6.09. The molecule has 0 atom stereocenters. The summed E-state index contributed by atoms with van der Waals surface area (Å²) in [6, 6.07) is 0. The standard InChI is InChI=1S/C6H6N4O/c7-6(11)5-3-1-8-2-4(3)9-10-5/h1H,2H2,(H2,7,11)(H,9,10). The number of nitrogens with one attached hydrogen (secondary N) is 1. The maximum Gasteiger partial charge on any atom is 0.269 e. The first-order valence-electron chi connectivity index (χ1n) is 3.16. The molecule has 1 amide bonds. The molecule has 1 aliphatic rings. The van der Waals surface area contributed by atoms with Gasteiger partial charge in [-0.2, -0.15) is 5.10 Å². The molecule has 0 saturated carbocycles. The minimum absolute atomic E-state index is 0.279. The Balaban J connectivity index is 2.58. The van der Waals surface area contributed by atoms with Crippen LogP contribution in [0.2, 0.25) is 0 Å². The van der Waals surface area contributed by atoms with Gasteiger partial charge in [0.15, 0.2) is 5.69 Å². The molecule has 1 aromatic heterocycles. The summed E-state index contributed by atoms with van der Waals surface area (Å²) < 4.78 is 0.